The van der Waals surface area contributed by atoms with Gasteiger partial charge in [-0.3, -0.25) is 0 Å². The van der Waals surface area contributed by atoms with E-state index < -0.39 is 81.9 Å². The molecule has 17 nitrogen and oxygen atoms in total. The summed E-state index contributed by atoms with van der Waals surface area (Å²) in [7, 11) is 0. The third-order valence-corrected chi connectivity index (χ3v) is 8.82. The maximum Gasteiger partial charge on any atom is 0.335 e. The number of aromatic carboxylic acids is 1. The summed E-state index contributed by atoms with van der Waals surface area (Å²) in [6.45, 7) is -1.11. The molecule has 0 fully saturated rings. The zero-order valence-electron chi connectivity index (χ0n) is 30.5. The van der Waals surface area contributed by atoms with Gasteiger partial charge in [-0.25, -0.2) is 4.79 Å². The van der Waals surface area contributed by atoms with Crippen LogP contribution in [0.1, 0.15) is 44.3 Å². The molecule has 0 amide bonds. The number of carbonyl (C=O) groups is 1. The highest BCUT2D eigenvalue weighted by Gasteiger charge is 2.22. The number of phenols is 11. The lowest BCUT2D eigenvalue weighted by Gasteiger charge is -2.22. The average molecular weight is 813 g/mol. The fraction of sp³-hybridized carbons (Fsp3) is 0.119. The molecule has 0 saturated carbocycles. The van der Waals surface area contributed by atoms with E-state index in [0.29, 0.717) is 11.1 Å². The smallest absolute Gasteiger partial charge is 0.335 e. The summed E-state index contributed by atoms with van der Waals surface area (Å²) in [4.78, 5) is 11.3. The fourth-order valence-corrected chi connectivity index (χ4v) is 5.86. The number of hydrogen-bond acceptors (Lipinski definition) is 16. The standard InChI is InChI=1S/C42H36O17/c43-26-6-20(7-27(44)37(26)49)11-32(24-4-2-1-3-5-24)59-36-14-23(10-30(47)41(36)53)19-57-34-12-21(8-28(45)39(34)51)17-56-33-13-22(9-29(46)38(33)50)18-58-35-16-25(42(54)55)15-31(48)40(35)52/h1-10,12-16,32,43-53H,11,17-19H2,(H,54,55). The zero-order chi connectivity index (χ0) is 42.5. The molecule has 0 aliphatic rings. The lowest BCUT2D eigenvalue weighted by molar-refractivity contribution is 0.0695. The molecule has 0 heterocycles. The minimum Gasteiger partial charge on any atom is -0.504 e. The summed E-state index contributed by atoms with van der Waals surface area (Å²) in [5, 5.41) is 122. The molecule has 0 radical (unpaired) electrons. The number of carboxylic acid groups (broad SMARTS) is 1. The van der Waals surface area contributed by atoms with Crippen LogP contribution < -0.4 is 18.9 Å². The largest absolute Gasteiger partial charge is 0.504 e. The molecular weight excluding hydrogens is 776 g/mol. The van der Waals surface area contributed by atoms with E-state index in [-0.39, 0.29) is 64.9 Å². The van der Waals surface area contributed by atoms with Crippen LogP contribution in [0.3, 0.4) is 0 Å². The van der Waals surface area contributed by atoms with Gasteiger partial charge in [0, 0.05) is 6.42 Å². The van der Waals surface area contributed by atoms with Crippen molar-refractivity contribution in [2.24, 2.45) is 0 Å². The van der Waals surface area contributed by atoms with Crippen LogP contribution in [-0.4, -0.2) is 67.2 Å². The summed E-state index contributed by atoms with van der Waals surface area (Å²) in [5.74, 6) is -9.47. The molecular formula is C42H36O17. The molecule has 306 valence electrons. The summed E-state index contributed by atoms with van der Waals surface area (Å²) in [5.41, 5.74) is 1.24. The number of benzene rings is 6. The minimum atomic E-state index is -1.39. The second kappa shape index (κ2) is 16.9. The number of carboxylic acids is 1. The van der Waals surface area contributed by atoms with Crippen molar-refractivity contribution in [2.45, 2.75) is 32.3 Å². The fourth-order valence-electron chi connectivity index (χ4n) is 5.86. The van der Waals surface area contributed by atoms with Gasteiger partial charge in [0.25, 0.3) is 0 Å². The van der Waals surface area contributed by atoms with Crippen molar-refractivity contribution >= 4 is 5.97 Å². The van der Waals surface area contributed by atoms with Crippen LogP contribution in [-0.2, 0) is 26.2 Å². The molecule has 1 unspecified atom stereocenters. The van der Waals surface area contributed by atoms with Gasteiger partial charge in [-0.15, -0.1) is 0 Å². The van der Waals surface area contributed by atoms with Crippen molar-refractivity contribution in [3.05, 3.63) is 124 Å². The lowest BCUT2D eigenvalue weighted by Crippen LogP contribution is -2.11. The quantitative estimate of drug-likeness (QED) is 0.0510. The van der Waals surface area contributed by atoms with E-state index in [1.54, 1.807) is 30.3 Å². The van der Waals surface area contributed by atoms with Gasteiger partial charge in [0.15, 0.2) is 63.2 Å². The molecule has 6 aromatic rings. The Bertz CT molecular complexity index is 2500. The Morgan fingerprint density at radius 2 is 0.814 bits per heavy atom. The first-order chi connectivity index (χ1) is 28.1. The van der Waals surface area contributed by atoms with E-state index in [9.17, 15) is 66.1 Å². The van der Waals surface area contributed by atoms with Gasteiger partial charge < -0.3 is 80.2 Å². The Morgan fingerprint density at radius 3 is 1.27 bits per heavy atom. The summed E-state index contributed by atoms with van der Waals surface area (Å²) >= 11 is 0. The molecule has 0 aromatic heterocycles. The lowest BCUT2D eigenvalue weighted by atomic mass is 10.0. The van der Waals surface area contributed by atoms with E-state index >= 15 is 0 Å². The van der Waals surface area contributed by atoms with Crippen molar-refractivity contribution in [3.8, 4) is 86.2 Å². The Hall–Kier alpha value is -8.21. The van der Waals surface area contributed by atoms with Crippen LogP contribution in [0.25, 0.3) is 0 Å². The molecule has 17 heteroatoms. The molecule has 1 atom stereocenters. The van der Waals surface area contributed by atoms with Crippen LogP contribution in [0.2, 0.25) is 0 Å². The van der Waals surface area contributed by atoms with Gasteiger partial charge in [-0.2, -0.15) is 0 Å². The zero-order valence-corrected chi connectivity index (χ0v) is 30.5. The van der Waals surface area contributed by atoms with E-state index in [0.717, 1.165) is 24.3 Å². The van der Waals surface area contributed by atoms with Crippen molar-refractivity contribution in [1.82, 2.24) is 0 Å². The number of ether oxygens (including phenoxy) is 4. The number of aromatic hydroxyl groups is 11. The van der Waals surface area contributed by atoms with Crippen LogP contribution in [0.5, 0.6) is 86.2 Å². The highest BCUT2D eigenvalue weighted by atomic mass is 16.5. The molecule has 59 heavy (non-hydrogen) atoms. The van der Waals surface area contributed by atoms with Crippen molar-refractivity contribution in [1.29, 1.82) is 0 Å². The molecule has 0 aliphatic heterocycles. The highest BCUT2D eigenvalue weighted by Crippen LogP contribution is 2.44. The Labute approximate surface area is 333 Å². The van der Waals surface area contributed by atoms with Crippen LogP contribution in [0.4, 0.5) is 0 Å². The molecule has 0 aliphatic carbocycles. The summed E-state index contributed by atoms with van der Waals surface area (Å²) in [6, 6.07) is 20.4. The predicted octanol–water partition coefficient (Wildman–Crippen LogP) is 6.25. The molecule has 0 spiro atoms. The van der Waals surface area contributed by atoms with Crippen LogP contribution in [0.15, 0.2) is 91.0 Å². The van der Waals surface area contributed by atoms with Gasteiger partial charge in [-0.05, 0) is 88.5 Å². The normalized spacial score (nSPS) is 11.5. The predicted molar refractivity (Wildman–Crippen MR) is 204 cm³/mol. The van der Waals surface area contributed by atoms with Gasteiger partial charge in [0.2, 0.25) is 23.0 Å². The number of phenolic OH excluding ortho intramolecular Hbond substituents is 11. The maximum absolute atomic E-state index is 11.3. The number of rotatable bonds is 15. The number of hydrogen-bond donors (Lipinski definition) is 12. The summed E-state index contributed by atoms with van der Waals surface area (Å²) < 4.78 is 23.1. The Morgan fingerprint density at radius 1 is 0.441 bits per heavy atom. The van der Waals surface area contributed by atoms with E-state index in [1.807, 2.05) is 0 Å². The highest BCUT2D eigenvalue weighted by molar-refractivity contribution is 5.89. The minimum absolute atomic E-state index is 0.0306. The molecule has 0 bridgehead atoms. The van der Waals surface area contributed by atoms with Crippen molar-refractivity contribution in [3.63, 3.8) is 0 Å². The summed E-state index contributed by atoms with van der Waals surface area (Å²) in [6.07, 6.45) is -0.824. The van der Waals surface area contributed by atoms with E-state index in [2.05, 4.69) is 0 Å². The Balaban J connectivity index is 1.17. The van der Waals surface area contributed by atoms with Gasteiger partial charge in [0.05, 0.1) is 5.56 Å². The SMILES string of the molecule is O=C(O)c1cc(O)c(O)c(OCc2cc(O)c(O)c(OCc3cc(O)c(O)c(OCc4cc(O)c(O)c(OC(Cc5cc(O)c(O)c(O)c5)c5ccccc5)c4)c3)c2)c1. The third-order valence-electron chi connectivity index (χ3n) is 8.82. The van der Waals surface area contributed by atoms with E-state index in [4.69, 9.17) is 18.9 Å². The van der Waals surface area contributed by atoms with Crippen molar-refractivity contribution < 1.29 is 85.0 Å². The third kappa shape index (κ3) is 9.26. The Kier molecular flexibility index (Phi) is 11.6. The second-order valence-corrected chi connectivity index (χ2v) is 13.1. The first-order valence-electron chi connectivity index (χ1n) is 17.4. The molecule has 12 N–H and O–H groups in total. The van der Waals surface area contributed by atoms with Crippen molar-refractivity contribution in [2.75, 3.05) is 0 Å². The average Bonchev–Trinajstić information content (AvgIpc) is 3.20. The second-order valence-electron chi connectivity index (χ2n) is 13.1. The van der Waals surface area contributed by atoms with Crippen LogP contribution in [0, 0.1) is 0 Å². The molecule has 6 aromatic carbocycles. The first-order valence-corrected chi connectivity index (χ1v) is 17.4. The monoisotopic (exact) mass is 812 g/mol. The maximum atomic E-state index is 11.3. The van der Waals surface area contributed by atoms with Gasteiger partial charge >= 0.3 is 5.97 Å². The van der Waals surface area contributed by atoms with Gasteiger partial charge in [0.1, 0.15) is 25.9 Å². The molecule has 6 rings (SSSR count). The van der Waals surface area contributed by atoms with Gasteiger partial charge in [-0.1, -0.05) is 30.3 Å². The van der Waals surface area contributed by atoms with Crippen LogP contribution >= 0.6 is 0 Å². The van der Waals surface area contributed by atoms with E-state index in [1.165, 1.54) is 36.4 Å². The first kappa shape index (κ1) is 40.5. The molecule has 0 saturated heterocycles. The topological polar surface area (TPSA) is 297 Å².